The minimum atomic E-state index is -1.94. The lowest BCUT2D eigenvalue weighted by Crippen LogP contribution is -2.39. The molecule has 0 radical (unpaired) electrons. The zero-order chi connectivity index (χ0) is 18.8. The highest BCUT2D eigenvalue weighted by atomic mass is 35.5. The second kappa shape index (κ2) is 4.49. The molecule has 1 aliphatic rings. The monoisotopic (exact) mass is 311 g/mol. The van der Waals surface area contributed by atoms with E-state index in [9.17, 15) is 5.11 Å². The molecule has 0 aliphatic heterocycles. The smallest absolute Gasteiger partial charge is 0.127 e. The van der Waals surface area contributed by atoms with Gasteiger partial charge in [-0.15, -0.1) is 23.2 Å². The quantitative estimate of drug-likeness (QED) is 0.827. The summed E-state index contributed by atoms with van der Waals surface area (Å²) in [6, 6.07) is 5.96. The molecule has 3 heteroatoms. The zero-order valence-corrected chi connectivity index (χ0v) is 12.3. The van der Waals surface area contributed by atoms with Crippen molar-refractivity contribution < 1.29 is 12.0 Å². The lowest BCUT2D eigenvalue weighted by Gasteiger charge is -2.37. The number of alkyl halides is 2. The third kappa shape index (κ3) is 1.81. The van der Waals surface area contributed by atoms with E-state index in [-0.39, 0.29) is 12.0 Å². The molecule has 0 aromatic heterocycles. The van der Waals surface area contributed by atoms with Gasteiger partial charge in [-0.3, -0.25) is 0 Å². The second-order valence-corrected chi connectivity index (χ2v) is 6.77. The van der Waals surface area contributed by atoms with E-state index in [1.165, 1.54) is 0 Å². The molecule has 2 aromatic carbocycles. The number of hydrogen-bond acceptors (Lipinski definition) is 1. The lowest BCUT2D eigenvalue weighted by molar-refractivity contribution is 0.00838. The Kier molecular flexibility index (Phi) is 2.04. The Morgan fingerprint density at radius 1 is 1.10 bits per heavy atom. The Labute approximate surface area is 136 Å². The normalized spacial score (nSPS) is 30.3. The lowest BCUT2D eigenvalue weighted by atomic mass is 9.74. The zero-order valence-electron chi connectivity index (χ0n) is 15.8. The van der Waals surface area contributed by atoms with Crippen LogP contribution in [0.25, 0.3) is 0 Å². The Morgan fingerprint density at radius 3 is 2.15 bits per heavy atom. The van der Waals surface area contributed by atoms with Crippen LogP contribution in [0.1, 0.15) is 31.3 Å². The molecular formula is C17H16Cl2O. The van der Waals surface area contributed by atoms with Gasteiger partial charge in [0.25, 0.3) is 0 Å². The predicted octanol–water partition coefficient (Wildman–Crippen LogP) is 4.51. The summed E-state index contributed by atoms with van der Waals surface area (Å²) < 4.78 is 38.8. The molecule has 20 heavy (non-hydrogen) atoms. The third-order valence-corrected chi connectivity index (χ3v) is 5.21. The summed E-state index contributed by atoms with van der Waals surface area (Å²) in [4.78, 5) is 0. The summed E-state index contributed by atoms with van der Waals surface area (Å²) in [6.07, 6.45) is 0.219. The SMILES string of the molecule is [2H]c1c([2H])c([2H])c([C@](O)(c2ccccc2)[C@]2(C)CC2(Cl)Cl)c([2H])c1[2H]. The molecular weight excluding hydrogens is 291 g/mol. The highest BCUT2D eigenvalue weighted by Crippen LogP contribution is 2.72. The fourth-order valence-electron chi connectivity index (χ4n) is 2.64. The van der Waals surface area contributed by atoms with Crippen LogP contribution in [0.2, 0.25) is 0 Å². The van der Waals surface area contributed by atoms with Crippen molar-refractivity contribution in [1.29, 1.82) is 0 Å². The minimum absolute atomic E-state index is 0.213. The van der Waals surface area contributed by atoms with Crippen LogP contribution >= 0.6 is 23.2 Å². The molecule has 0 saturated heterocycles. The first-order chi connectivity index (χ1) is 11.5. The number of halogens is 2. The van der Waals surface area contributed by atoms with Crippen molar-refractivity contribution in [3.05, 3.63) is 71.7 Å². The third-order valence-electron chi connectivity index (χ3n) is 4.11. The van der Waals surface area contributed by atoms with E-state index in [1.54, 1.807) is 37.3 Å². The van der Waals surface area contributed by atoms with E-state index in [2.05, 4.69) is 0 Å². The summed E-state index contributed by atoms with van der Waals surface area (Å²) in [7, 11) is 0. The van der Waals surface area contributed by atoms with Gasteiger partial charge in [0.2, 0.25) is 0 Å². The van der Waals surface area contributed by atoms with E-state index in [1.807, 2.05) is 0 Å². The van der Waals surface area contributed by atoms with Crippen LogP contribution in [0.15, 0.2) is 60.5 Å². The Morgan fingerprint density at radius 2 is 1.65 bits per heavy atom. The van der Waals surface area contributed by atoms with Crippen molar-refractivity contribution in [2.45, 2.75) is 23.3 Å². The maximum absolute atomic E-state index is 11.8. The maximum Gasteiger partial charge on any atom is 0.127 e. The van der Waals surface area contributed by atoms with Gasteiger partial charge in [-0.25, -0.2) is 0 Å². The van der Waals surface area contributed by atoms with Gasteiger partial charge in [-0.05, 0) is 17.5 Å². The van der Waals surface area contributed by atoms with Gasteiger partial charge in [0, 0.05) is 5.41 Å². The van der Waals surface area contributed by atoms with Gasteiger partial charge in [0.1, 0.15) is 9.93 Å². The highest BCUT2D eigenvalue weighted by Gasteiger charge is 2.73. The molecule has 0 amide bonds. The second-order valence-electron chi connectivity index (χ2n) is 5.29. The molecule has 2 atom stereocenters. The number of hydrogen-bond donors (Lipinski definition) is 1. The summed E-state index contributed by atoms with van der Waals surface area (Å²) >= 11 is 12.6. The summed E-state index contributed by atoms with van der Waals surface area (Å²) in [5.41, 5.74) is -2.89. The van der Waals surface area contributed by atoms with Crippen LogP contribution in [-0.4, -0.2) is 9.44 Å². The first-order valence-electron chi connectivity index (χ1n) is 8.72. The fraction of sp³-hybridized carbons (Fsp3) is 0.294. The molecule has 1 nitrogen and oxygen atoms in total. The largest absolute Gasteiger partial charge is 0.380 e. The minimum Gasteiger partial charge on any atom is -0.380 e. The van der Waals surface area contributed by atoms with Gasteiger partial charge in [-0.1, -0.05) is 67.5 Å². The van der Waals surface area contributed by atoms with Crippen molar-refractivity contribution in [1.82, 2.24) is 0 Å². The van der Waals surface area contributed by atoms with Crippen LogP contribution in [0.5, 0.6) is 0 Å². The first kappa shape index (κ1) is 9.09. The van der Waals surface area contributed by atoms with Crippen molar-refractivity contribution >= 4 is 23.2 Å². The Hall–Kier alpha value is -1.02. The van der Waals surface area contributed by atoms with Gasteiger partial charge in [0.15, 0.2) is 0 Å². The average Bonchev–Trinajstić information content (AvgIpc) is 3.11. The summed E-state index contributed by atoms with van der Waals surface area (Å²) in [5, 5.41) is 11.8. The van der Waals surface area contributed by atoms with E-state index >= 15 is 0 Å². The Bertz CT molecular complexity index is 829. The topological polar surface area (TPSA) is 20.2 Å². The Balaban J connectivity index is 2.41. The van der Waals surface area contributed by atoms with Crippen LogP contribution < -0.4 is 0 Å². The molecule has 104 valence electrons. The number of rotatable bonds is 3. The molecule has 0 unspecified atom stereocenters. The van der Waals surface area contributed by atoms with Gasteiger partial charge < -0.3 is 5.11 Å². The van der Waals surface area contributed by atoms with Crippen LogP contribution in [0, 0.1) is 5.41 Å². The molecule has 0 spiro atoms. The van der Waals surface area contributed by atoms with Crippen LogP contribution in [-0.2, 0) is 5.60 Å². The predicted molar refractivity (Wildman–Crippen MR) is 83.0 cm³/mol. The van der Waals surface area contributed by atoms with Crippen molar-refractivity contribution in [2.75, 3.05) is 0 Å². The molecule has 2 aromatic rings. The summed E-state index contributed by atoms with van der Waals surface area (Å²) in [5.74, 6) is 0. The van der Waals surface area contributed by atoms with Crippen LogP contribution in [0.4, 0.5) is 0 Å². The van der Waals surface area contributed by atoms with E-state index in [0.717, 1.165) is 0 Å². The molecule has 1 saturated carbocycles. The van der Waals surface area contributed by atoms with E-state index in [4.69, 9.17) is 30.1 Å². The number of benzene rings is 2. The molecule has 1 fully saturated rings. The van der Waals surface area contributed by atoms with Crippen molar-refractivity contribution in [3.8, 4) is 0 Å². The highest BCUT2D eigenvalue weighted by molar-refractivity contribution is 6.51. The number of aliphatic hydroxyl groups is 1. The first-order valence-corrected chi connectivity index (χ1v) is 6.98. The van der Waals surface area contributed by atoms with Gasteiger partial charge >= 0.3 is 0 Å². The average molecular weight is 312 g/mol. The van der Waals surface area contributed by atoms with Crippen LogP contribution in [0.3, 0.4) is 0 Å². The standard InChI is InChI=1S/C17H16Cl2O/c1-15(12-16(15,18)19)17(20,13-8-4-2-5-9-13)14-10-6-3-7-11-14/h2-11,20H,12H2,1H3/t15-/m1/s1/i2D,4D,5D,8D,9D/t15-,17+. The molecule has 0 bridgehead atoms. The maximum atomic E-state index is 11.8. The van der Waals surface area contributed by atoms with Gasteiger partial charge in [-0.2, -0.15) is 0 Å². The van der Waals surface area contributed by atoms with Crippen molar-refractivity contribution in [3.63, 3.8) is 0 Å². The van der Waals surface area contributed by atoms with Crippen molar-refractivity contribution in [2.24, 2.45) is 5.41 Å². The molecule has 0 heterocycles. The fourth-order valence-corrected chi connectivity index (χ4v) is 3.45. The van der Waals surface area contributed by atoms with E-state index < -0.39 is 45.6 Å². The summed E-state index contributed by atoms with van der Waals surface area (Å²) in [6.45, 7) is 1.65. The molecule has 1 aliphatic carbocycles. The van der Waals surface area contributed by atoms with E-state index in [0.29, 0.717) is 5.56 Å². The molecule has 3 rings (SSSR count). The van der Waals surface area contributed by atoms with Gasteiger partial charge in [0.05, 0.1) is 6.85 Å². The molecule has 1 N–H and O–H groups in total.